The Morgan fingerprint density at radius 3 is 1.13 bits per heavy atom. The Balaban J connectivity index is 0.919. The van der Waals surface area contributed by atoms with E-state index in [4.69, 9.17) is 0 Å². The van der Waals surface area contributed by atoms with E-state index in [0.717, 1.165) is 109 Å². The molecule has 0 bridgehead atoms. The second-order valence-corrected chi connectivity index (χ2v) is 22.0. The van der Waals surface area contributed by atoms with E-state index in [9.17, 15) is 75.9 Å². The molecule has 6 aromatic carbocycles. The molecule has 0 saturated carbocycles. The van der Waals surface area contributed by atoms with E-state index < -0.39 is 146 Å². The summed E-state index contributed by atoms with van der Waals surface area (Å²) in [6, 6.07) is 16.3. The Bertz CT molecular complexity index is 4120. The minimum absolute atomic E-state index is 0.0459. The molecule has 6 amide bonds. The van der Waals surface area contributed by atoms with Crippen molar-refractivity contribution in [1.29, 1.82) is 0 Å². The molecule has 0 aliphatic heterocycles. The number of rotatable bonds is 14. The van der Waals surface area contributed by atoms with Crippen molar-refractivity contribution in [3.8, 4) is 0 Å². The first-order chi connectivity index (χ1) is 36.4. The summed E-state index contributed by atoms with van der Waals surface area (Å²) in [5.41, 5.74) is -3.40. The van der Waals surface area contributed by atoms with Gasteiger partial charge in [-0.25, -0.2) is 47.2 Å². The molecule has 0 unspecified atom stereocenters. The summed E-state index contributed by atoms with van der Waals surface area (Å²) < 4.78 is 177. The molecular formula is C47H32F2N8O17S4-4. The summed E-state index contributed by atoms with van der Waals surface area (Å²) in [7, 11) is -18.4. The molecule has 2 heterocycles. The van der Waals surface area contributed by atoms with Crippen molar-refractivity contribution in [3.05, 3.63) is 156 Å². The van der Waals surface area contributed by atoms with Gasteiger partial charge in [-0.15, -0.1) is 0 Å². The van der Waals surface area contributed by atoms with Crippen LogP contribution in [0, 0.1) is 11.6 Å². The first-order valence-electron chi connectivity index (χ1n) is 21.6. The maximum Gasteiger partial charge on any atom is 0.323 e. The van der Waals surface area contributed by atoms with Crippen LogP contribution >= 0.6 is 0 Å². The highest BCUT2D eigenvalue weighted by molar-refractivity contribution is 7.87. The SMILES string of the molecule is Cn1cc(NC(=O)c2ccc(F)c(NC(=O)Nc3cc(C(=O)Nc4cc(C(=O)Nc5ccc6c(S(=O)(=O)[O-])cccc6c5S(=O)(=O)[O-])n(C)c4)ccc3F)c2)cc1C(=O)Nc1ccc2c(S(=O)(=O)[O-])cccc2c1S(=O)(=O)[O-]. The summed E-state index contributed by atoms with van der Waals surface area (Å²) >= 11 is 0. The van der Waals surface area contributed by atoms with Gasteiger partial charge in [-0.2, -0.15) is 0 Å². The third-order valence-electron chi connectivity index (χ3n) is 11.4. The average molecular weight is 1150 g/mol. The van der Waals surface area contributed by atoms with Gasteiger partial charge in [0, 0.05) is 59.2 Å². The number of aromatic nitrogens is 2. The first-order valence-corrected chi connectivity index (χ1v) is 27.2. The van der Waals surface area contributed by atoms with Gasteiger partial charge in [-0.1, -0.05) is 36.4 Å². The lowest BCUT2D eigenvalue weighted by Gasteiger charge is -2.19. The summed E-state index contributed by atoms with van der Waals surface area (Å²) in [5, 5.41) is 11.9. The van der Waals surface area contributed by atoms with E-state index >= 15 is 8.78 Å². The molecule has 0 aliphatic carbocycles. The molecule has 0 spiro atoms. The second-order valence-electron chi connectivity index (χ2n) is 16.6. The number of urea groups is 1. The van der Waals surface area contributed by atoms with E-state index in [1.165, 1.54) is 35.6 Å². The van der Waals surface area contributed by atoms with E-state index in [0.29, 0.717) is 0 Å². The molecule has 0 saturated heterocycles. The lowest BCUT2D eigenvalue weighted by Crippen LogP contribution is -2.22. The highest BCUT2D eigenvalue weighted by Gasteiger charge is 2.24. The summed E-state index contributed by atoms with van der Waals surface area (Å²) in [6.07, 6.45) is 2.49. The van der Waals surface area contributed by atoms with Gasteiger partial charge in [0.15, 0.2) is 0 Å². The van der Waals surface area contributed by atoms with Gasteiger partial charge in [0.25, 0.3) is 23.6 Å². The average Bonchev–Trinajstić information content (AvgIpc) is 4.04. The molecule has 6 N–H and O–H groups in total. The summed E-state index contributed by atoms with van der Waals surface area (Å²) in [6.45, 7) is 0. The number of carbonyl (C=O) groups excluding carboxylic acids is 5. The Hall–Kier alpha value is -8.95. The maximum atomic E-state index is 15.0. The molecule has 404 valence electrons. The molecular weight excluding hydrogens is 1110 g/mol. The predicted molar refractivity (Wildman–Crippen MR) is 268 cm³/mol. The summed E-state index contributed by atoms with van der Waals surface area (Å²) in [4.78, 5) is 62.9. The highest BCUT2D eigenvalue weighted by atomic mass is 32.2. The van der Waals surface area contributed by atoms with E-state index in [-0.39, 0.29) is 33.9 Å². The largest absolute Gasteiger partial charge is 0.744 e. The first kappa shape index (κ1) is 55.3. The van der Waals surface area contributed by atoms with Crippen molar-refractivity contribution in [3.63, 3.8) is 0 Å². The van der Waals surface area contributed by atoms with Crippen molar-refractivity contribution in [2.75, 3.05) is 31.9 Å². The predicted octanol–water partition coefficient (Wildman–Crippen LogP) is 5.22. The lowest BCUT2D eigenvalue weighted by atomic mass is 10.1. The fourth-order valence-corrected chi connectivity index (χ4v) is 11.1. The number of carbonyl (C=O) groups is 5. The van der Waals surface area contributed by atoms with E-state index in [2.05, 4.69) is 31.9 Å². The van der Waals surface area contributed by atoms with Crippen LogP contribution in [0.15, 0.2) is 141 Å². The fraction of sp³-hybridized carbons (Fsp3) is 0.0426. The number of hydrogen-bond acceptors (Lipinski definition) is 17. The lowest BCUT2D eigenvalue weighted by molar-refractivity contribution is 0.101. The van der Waals surface area contributed by atoms with Gasteiger partial charge < -0.3 is 59.2 Å². The Kier molecular flexibility index (Phi) is 14.6. The van der Waals surface area contributed by atoms with Gasteiger partial charge in [-0.05, 0) is 72.8 Å². The monoisotopic (exact) mass is 1150 g/mol. The van der Waals surface area contributed by atoms with Crippen LogP contribution in [0.3, 0.4) is 0 Å². The number of nitrogens with one attached hydrogen (secondary N) is 6. The molecule has 0 atom stereocenters. The molecule has 8 rings (SSSR count). The van der Waals surface area contributed by atoms with Crippen LogP contribution in [0.5, 0.6) is 0 Å². The van der Waals surface area contributed by atoms with Crippen molar-refractivity contribution in [1.82, 2.24) is 9.13 Å². The molecule has 78 heavy (non-hydrogen) atoms. The Morgan fingerprint density at radius 1 is 0.410 bits per heavy atom. The van der Waals surface area contributed by atoms with Crippen LogP contribution in [0.1, 0.15) is 41.7 Å². The molecule has 0 radical (unpaired) electrons. The number of aryl methyl sites for hydroxylation is 2. The highest BCUT2D eigenvalue weighted by Crippen LogP contribution is 2.36. The molecule has 31 heteroatoms. The number of nitrogens with zero attached hydrogens (tertiary/aromatic N) is 2. The van der Waals surface area contributed by atoms with Gasteiger partial charge in [0.2, 0.25) is 0 Å². The van der Waals surface area contributed by atoms with Crippen LogP contribution in [-0.4, -0.2) is 90.7 Å². The van der Waals surface area contributed by atoms with E-state index in [1.807, 2.05) is 0 Å². The Labute approximate surface area is 438 Å². The smallest absolute Gasteiger partial charge is 0.323 e. The van der Waals surface area contributed by atoms with Crippen LogP contribution in [0.25, 0.3) is 21.5 Å². The van der Waals surface area contributed by atoms with Gasteiger partial charge in [0.1, 0.15) is 63.5 Å². The zero-order valence-electron chi connectivity index (χ0n) is 39.3. The maximum absolute atomic E-state index is 15.0. The standard InChI is InChI=1S/C47H36F2N8O17S4/c1-56-21-25(19-37(56)45(60)52-33-15-11-27-29(41(33)77(69,70)71)5-3-7-39(27)75(63,64)65)50-43(58)23-9-13-31(48)35(17-23)54-47(62)55-36-18-24(10-14-32(36)49)44(59)51-26-20-38(57(2)22-26)46(61)53-34-16-12-28-30(42(34)78(72,73)74)6-4-8-40(28)76(66,67)68/h3-22H,1-2H3,(H,50,58)(H,51,59)(H,52,60)(H,53,61)(H2,54,55,62)(H,63,64,65)(H,66,67,68)(H,69,70,71)(H,72,73,74)/p-4. The number of halogens is 2. The van der Waals surface area contributed by atoms with E-state index in [1.54, 1.807) is 0 Å². The Morgan fingerprint density at radius 2 is 0.782 bits per heavy atom. The molecule has 8 aromatic rings. The van der Waals surface area contributed by atoms with Gasteiger partial charge in [0.05, 0.1) is 53.7 Å². The van der Waals surface area contributed by atoms with Crippen LogP contribution in [0.4, 0.5) is 47.7 Å². The molecule has 0 fully saturated rings. The minimum Gasteiger partial charge on any atom is -0.744 e. The summed E-state index contributed by atoms with van der Waals surface area (Å²) in [5.74, 6) is -6.01. The topological polar surface area (TPSA) is 396 Å². The number of hydrogen-bond donors (Lipinski definition) is 6. The fourth-order valence-electron chi connectivity index (χ4n) is 8.07. The quantitative estimate of drug-likeness (QED) is 0.0760. The molecule has 2 aromatic heterocycles. The minimum atomic E-state index is -5.42. The second kappa shape index (κ2) is 20.5. The zero-order chi connectivity index (χ0) is 57.0. The van der Waals surface area contributed by atoms with Crippen molar-refractivity contribution in [2.45, 2.75) is 19.6 Å². The van der Waals surface area contributed by atoms with Crippen LogP contribution in [-0.2, 0) is 54.6 Å². The zero-order valence-corrected chi connectivity index (χ0v) is 42.5. The molecule has 25 nitrogen and oxygen atoms in total. The normalized spacial score (nSPS) is 12.0. The third-order valence-corrected chi connectivity index (χ3v) is 15.1. The number of amides is 6. The van der Waals surface area contributed by atoms with Gasteiger partial charge >= 0.3 is 6.03 Å². The van der Waals surface area contributed by atoms with Crippen LogP contribution in [0.2, 0.25) is 0 Å². The van der Waals surface area contributed by atoms with Crippen molar-refractivity contribution >= 4 is 126 Å². The van der Waals surface area contributed by atoms with Gasteiger partial charge in [-0.3, -0.25) is 19.2 Å². The van der Waals surface area contributed by atoms with Crippen molar-refractivity contribution in [2.24, 2.45) is 14.1 Å². The number of fused-ring (bicyclic) bond motifs is 2. The number of benzene rings is 6. The molecule has 0 aliphatic rings. The van der Waals surface area contributed by atoms with Crippen molar-refractivity contribution < 1.29 is 84.6 Å². The number of anilines is 6. The van der Waals surface area contributed by atoms with Crippen LogP contribution < -0.4 is 31.9 Å². The third kappa shape index (κ3) is 11.6.